The second-order valence-electron chi connectivity index (χ2n) is 4.71. The lowest BCUT2D eigenvalue weighted by molar-refractivity contribution is -0.116. The molecule has 4 heteroatoms. The maximum atomic E-state index is 11.8. The third-order valence-electron chi connectivity index (χ3n) is 3.15. The number of anilines is 1. The lowest BCUT2D eigenvalue weighted by Crippen LogP contribution is -2.16. The van der Waals surface area contributed by atoms with Gasteiger partial charge in [0.25, 0.3) is 0 Å². The van der Waals surface area contributed by atoms with Gasteiger partial charge in [-0.2, -0.15) is 10.2 Å². The number of hydrogen-bond donors (Lipinski definition) is 1. The van der Waals surface area contributed by atoms with Crippen LogP contribution in [0.5, 0.6) is 0 Å². The Morgan fingerprint density at radius 2 is 2.06 bits per heavy atom. The van der Waals surface area contributed by atoms with E-state index in [2.05, 4.69) is 15.5 Å². The summed E-state index contributed by atoms with van der Waals surface area (Å²) >= 11 is 0. The molecule has 1 aromatic rings. The first-order valence-electron chi connectivity index (χ1n) is 5.80. The summed E-state index contributed by atoms with van der Waals surface area (Å²) in [7, 11) is 0. The van der Waals surface area contributed by atoms with Gasteiger partial charge in [-0.05, 0) is 38.0 Å². The highest BCUT2D eigenvalue weighted by Gasteiger charge is 2.33. The SMILES string of the molecule is Cc1cccc(NC(=O)CCC2(C)N=N2)c1C. The average Bonchev–Trinajstić information content (AvgIpc) is 3.01. The van der Waals surface area contributed by atoms with E-state index in [0.29, 0.717) is 12.8 Å². The largest absolute Gasteiger partial charge is 0.326 e. The quantitative estimate of drug-likeness (QED) is 0.850. The number of nitrogens with one attached hydrogen (secondary N) is 1. The smallest absolute Gasteiger partial charge is 0.224 e. The van der Waals surface area contributed by atoms with Crippen LogP contribution in [0.15, 0.2) is 28.4 Å². The third-order valence-corrected chi connectivity index (χ3v) is 3.15. The molecule has 0 atom stereocenters. The number of carbonyl (C=O) groups excluding carboxylic acids is 1. The van der Waals surface area contributed by atoms with Gasteiger partial charge in [0, 0.05) is 18.5 Å². The number of benzene rings is 1. The van der Waals surface area contributed by atoms with E-state index in [1.807, 2.05) is 39.0 Å². The maximum absolute atomic E-state index is 11.8. The highest BCUT2D eigenvalue weighted by Crippen LogP contribution is 2.32. The number of amides is 1. The molecule has 1 aliphatic rings. The maximum Gasteiger partial charge on any atom is 0.224 e. The minimum absolute atomic E-state index is 0.0252. The highest BCUT2D eigenvalue weighted by molar-refractivity contribution is 5.91. The van der Waals surface area contributed by atoms with Crippen LogP contribution in [0.1, 0.15) is 30.9 Å². The summed E-state index contributed by atoms with van der Waals surface area (Å²) in [6.45, 7) is 5.98. The molecule has 0 aromatic heterocycles. The summed E-state index contributed by atoms with van der Waals surface area (Å²) in [5.41, 5.74) is 2.90. The number of aryl methyl sites for hydroxylation is 1. The van der Waals surface area contributed by atoms with E-state index in [1.54, 1.807) is 0 Å². The van der Waals surface area contributed by atoms with Crippen molar-refractivity contribution in [2.24, 2.45) is 10.2 Å². The fourth-order valence-electron chi connectivity index (χ4n) is 1.63. The van der Waals surface area contributed by atoms with Gasteiger partial charge in [0.15, 0.2) is 5.66 Å². The van der Waals surface area contributed by atoms with E-state index in [4.69, 9.17) is 0 Å². The van der Waals surface area contributed by atoms with Crippen molar-refractivity contribution in [3.05, 3.63) is 29.3 Å². The van der Waals surface area contributed by atoms with E-state index in [1.165, 1.54) is 5.56 Å². The zero-order valence-corrected chi connectivity index (χ0v) is 10.4. The molecule has 2 rings (SSSR count). The van der Waals surface area contributed by atoms with Crippen molar-refractivity contribution in [3.8, 4) is 0 Å². The fraction of sp³-hybridized carbons (Fsp3) is 0.462. The second-order valence-corrected chi connectivity index (χ2v) is 4.71. The van der Waals surface area contributed by atoms with E-state index >= 15 is 0 Å². The van der Waals surface area contributed by atoms with E-state index in [0.717, 1.165) is 11.3 Å². The zero-order chi connectivity index (χ0) is 12.5. The Labute approximate surface area is 101 Å². The molecule has 0 saturated heterocycles. The minimum Gasteiger partial charge on any atom is -0.326 e. The van der Waals surface area contributed by atoms with Crippen molar-refractivity contribution in [2.75, 3.05) is 5.32 Å². The van der Waals surface area contributed by atoms with Crippen LogP contribution < -0.4 is 5.32 Å². The summed E-state index contributed by atoms with van der Waals surface area (Å²) in [4.78, 5) is 11.8. The molecule has 0 unspecified atom stereocenters. The molecule has 0 aliphatic carbocycles. The first kappa shape index (κ1) is 11.8. The first-order chi connectivity index (χ1) is 8.00. The Morgan fingerprint density at radius 1 is 1.35 bits per heavy atom. The third kappa shape index (κ3) is 2.90. The lowest BCUT2D eigenvalue weighted by Gasteiger charge is -2.10. The molecule has 0 spiro atoms. The molecular formula is C13H17N3O. The van der Waals surface area contributed by atoms with Crippen LogP contribution in [-0.2, 0) is 4.79 Å². The molecule has 17 heavy (non-hydrogen) atoms. The average molecular weight is 231 g/mol. The Morgan fingerprint density at radius 3 is 2.71 bits per heavy atom. The van der Waals surface area contributed by atoms with Crippen molar-refractivity contribution >= 4 is 11.6 Å². The second kappa shape index (κ2) is 4.28. The summed E-state index contributed by atoms with van der Waals surface area (Å²) in [6, 6.07) is 5.91. The van der Waals surface area contributed by atoms with Crippen molar-refractivity contribution in [2.45, 2.75) is 39.3 Å². The monoisotopic (exact) mass is 231 g/mol. The molecule has 0 saturated carbocycles. The van der Waals surface area contributed by atoms with Crippen LogP contribution in [0.2, 0.25) is 0 Å². The fourth-order valence-corrected chi connectivity index (χ4v) is 1.63. The first-order valence-corrected chi connectivity index (χ1v) is 5.80. The van der Waals surface area contributed by atoms with Gasteiger partial charge in [-0.1, -0.05) is 12.1 Å². The lowest BCUT2D eigenvalue weighted by atomic mass is 10.1. The molecule has 1 amide bonds. The van der Waals surface area contributed by atoms with Crippen molar-refractivity contribution in [1.29, 1.82) is 0 Å². The molecule has 1 aromatic carbocycles. The van der Waals surface area contributed by atoms with Crippen molar-refractivity contribution < 1.29 is 4.79 Å². The molecule has 1 aliphatic heterocycles. The van der Waals surface area contributed by atoms with Crippen molar-refractivity contribution in [3.63, 3.8) is 0 Å². The predicted molar refractivity (Wildman–Crippen MR) is 67.0 cm³/mol. The predicted octanol–water partition coefficient (Wildman–Crippen LogP) is 3.20. The van der Waals surface area contributed by atoms with Gasteiger partial charge in [0.2, 0.25) is 5.91 Å². The molecule has 0 fully saturated rings. The minimum atomic E-state index is -0.293. The van der Waals surface area contributed by atoms with E-state index in [-0.39, 0.29) is 11.6 Å². The number of rotatable bonds is 4. The van der Waals surface area contributed by atoms with E-state index in [9.17, 15) is 4.79 Å². The molecule has 90 valence electrons. The normalized spacial score (nSPS) is 15.7. The zero-order valence-electron chi connectivity index (χ0n) is 10.4. The van der Waals surface area contributed by atoms with Gasteiger partial charge in [0.1, 0.15) is 0 Å². The van der Waals surface area contributed by atoms with Crippen molar-refractivity contribution in [1.82, 2.24) is 0 Å². The standard InChI is InChI=1S/C13H17N3O/c1-9-5-4-6-11(10(9)2)14-12(17)7-8-13(3)15-16-13/h4-6H,7-8H2,1-3H3,(H,14,17). The Hall–Kier alpha value is -1.71. The number of nitrogens with zero attached hydrogens (tertiary/aromatic N) is 2. The molecule has 1 N–H and O–H groups in total. The summed E-state index contributed by atoms with van der Waals surface area (Å²) < 4.78 is 0. The summed E-state index contributed by atoms with van der Waals surface area (Å²) in [5.74, 6) is 0.0252. The Balaban J connectivity index is 1.91. The number of carbonyl (C=O) groups is 1. The van der Waals surface area contributed by atoms with E-state index < -0.39 is 0 Å². The highest BCUT2D eigenvalue weighted by atomic mass is 16.1. The van der Waals surface area contributed by atoms with Crippen LogP contribution in [0, 0.1) is 13.8 Å². The molecular weight excluding hydrogens is 214 g/mol. The van der Waals surface area contributed by atoms with Gasteiger partial charge in [0.05, 0.1) is 0 Å². The van der Waals surface area contributed by atoms with Crippen LogP contribution >= 0.6 is 0 Å². The Bertz CT molecular complexity index is 474. The molecule has 0 bridgehead atoms. The van der Waals surface area contributed by atoms with Crippen LogP contribution in [0.3, 0.4) is 0 Å². The van der Waals surface area contributed by atoms with Gasteiger partial charge < -0.3 is 5.32 Å². The van der Waals surface area contributed by atoms with Gasteiger partial charge in [-0.15, -0.1) is 0 Å². The molecule has 0 radical (unpaired) electrons. The summed E-state index contributed by atoms with van der Waals surface area (Å²) in [5, 5.41) is 10.7. The van der Waals surface area contributed by atoms with Gasteiger partial charge >= 0.3 is 0 Å². The van der Waals surface area contributed by atoms with Crippen LogP contribution in [0.4, 0.5) is 5.69 Å². The topological polar surface area (TPSA) is 53.8 Å². The van der Waals surface area contributed by atoms with Crippen LogP contribution in [0.25, 0.3) is 0 Å². The Kier molecular flexibility index (Phi) is 2.96. The van der Waals surface area contributed by atoms with Gasteiger partial charge in [-0.3, -0.25) is 4.79 Å². The number of hydrogen-bond acceptors (Lipinski definition) is 3. The molecule has 1 heterocycles. The molecule has 4 nitrogen and oxygen atoms in total. The van der Waals surface area contributed by atoms with Gasteiger partial charge in [-0.25, -0.2) is 0 Å². The van der Waals surface area contributed by atoms with Crippen LogP contribution in [-0.4, -0.2) is 11.6 Å². The summed E-state index contributed by atoms with van der Waals surface area (Å²) in [6.07, 6.45) is 1.14.